The maximum absolute atomic E-state index is 12.8. The molecular weight excluding hydrogens is 531 g/mol. The molecule has 1 aromatic heterocycles. The first-order valence-corrected chi connectivity index (χ1v) is 9.31. The summed E-state index contributed by atoms with van der Waals surface area (Å²) in [6, 6.07) is 8.29. The number of aliphatic imine (C=N–C) groups is 1. The van der Waals surface area contributed by atoms with Crippen LogP contribution in [0.25, 0.3) is 0 Å². The van der Waals surface area contributed by atoms with Crippen LogP contribution in [0.4, 0.5) is 8.78 Å². The van der Waals surface area contributed by atoms with Gasteiger partial charge in [-0.05, 0) is 30.0 Å². The number of hydrogen-bond acceptors (Lipinski definition) is 2. The van der Waals surface area contributed by atoms with Crippen LogP contribution in [0, 0.1) is 5.92 Å². The number of hydrogen-bond donors (Lipinski definition) is 2. The van der Waals surface area contributed by atoms with Crippen molar-refractivity contribution in [1.82, 2.24) is 20.2 Å². The van der Waals surface area contributed by atoms with Gasteiger partial charge in [0.2, 0.25) is 0 Å². The molecular formula is C18H25BrF2IN5. The van der Waals surface area contributed by atoms with Crippen molar-refractivity contribution in [3.05, 3.63) is 52.5 Å². The van der Waals surface area contributed by atoms with Gasteiger partial charge in [-0.3, -0.25) is 9.56 Å². The van der Waals surface area contributed by atoms with E-state index in [1.165, 1.54) is 18.0 Å². The van der Waals surface area contributed by atoms with E-state index in [1.54, 1.807) is 7.05 Å². The highest BCUT2D eigenvalue weighted by Crippen LogP contribution is 2.16. The minimum absolute atomic E-state index is 0. The Morgan fingerprint density at radius 2 is 2.11 bits per heavy atom. The van der Waals surface area contributed by atoms with Gasteiger partial charge in [-0.2, -0.15) is 8.78 Å². The number of guanidine groups is 1. The van der Waals surface area contributed by atoms with Gasteiger partial charge in [-0.1, -0.05) is 41.4 Å². The Morgan fingerprint density at radius 3 is 2.74 bits per heavy atom. The molecule has 2 rings (SSSR count). The van der Waals surface area contributed by atoms with E-state index in [0.717, 1.165) is 28.4 Å². The predicted molar refractivity (Wildman–Crippen MR) is 119 cm³/mol. The van der Waals surface area contributed by atoms with Gasteiger partial charge in [-0.25, -0.2) is 4.98 Å². The van der Waals surface area contributed by atoms with Gasteiger partial charge in [0, 0.05) is 30.5 Å². The van der Waals surface area contributed by atoms with Crippen LogP contribution in [0.3, 0.4) is 0 Å². The van der Waals surface area contributed by atoms with Crippen LogP contribution >= 0.6 is 39.9 Å². The average molecular weight is 556 g/mol. The molecule has 0 amide bonds. The zero-order valence-corrected chi connectivity index (χ0v) is 19.2. The van der Waals surface area contributed by atoms with E-state index in [2.05, 4.69) is 55.6 Å². The van der Waals surface area contributed by atoms with Gasteiger partial charge in [-0.15, -0.1) is 24.0 Å². The number of nitrogens with zero attached hydrogens (tertiary/aromatic N) is 3. The van der Waals surface area contributed by atoms with Gasteiger partial charge in [0.15, 0.2) is 5.96 Å². The van der Waals surface area contributed by atoms with Gasteiger partial charge < -0.3 is 10.6 Å². The molecule has 0 aliphatic carbocycles. The second-order valence-electron chi connectivity index (χ2n) is 5.94. The lowest BCUT2D eigenvalue weighted by molar-refractivity contribution is 0.0668. The van der Waals surface area contributed by atoms with Crippen molar-refractivity contribution in [2.45, 2.75) is 32.9 Å². The molecule has 0 fully saturated rings. The molecule has 1 heterocycles. The Morgan fingerprint density at radius 1 is 1.33 bits per heavy atom. The number of rotatable bonds is 8. The van der Waals surface area contributed by atoms with Crippen LogP contribution in [0.5, 0.6) is 0 Å². The summed E-state index contributed by atoms with van der Waals surface area (Å²) in [7, 11) is 1.66. The van der Waals surface area contributed by atoms with E-state index in [4.69, 9.17) is 0 Å². The van der Waals surface area contributed by atoms with Crippen molar-refractivity contribution < 1.29 is 8.78 Å². The van der Waals surface area contributed by atoms with Crippen molar-refractivity contribution in [2.24, 2.45) is 10.9 Å². The summed E-state index contributed by atoms with van der Waals surface area (Å²) < 4.78 is 27.6. The molecule has 2 aromatic rings. The van der Waals surface area contributed by atoms with Gasteiger partial charge in [0.1, 0.15) is 5.82 Å². The third-order valence-corrected chi connectivity index (χ3v) is 4.64. The molecule has 150 valence electrons. The molecule has 27 heavy (non-hydrogen) atoms. The first kappa shape index (κ1) is 23.8. The third-order valence-electron chi connectivity index (χ3n) is 4.15. The second kappa shape index (κ2) is 12.3. The molecule has 9 heteroatoms. The summed E-state index contributed by atoms with van der Waals surface area (Å²) in [6.07, 6.45) is 4.61. The fourth-order valence-corrected chi connectivity index (χ4v) is 3.09. The highest BCUT2D eigenvalue weighted by atomic mass is 127. The van der Waals surface area contributed by atoms with Gasteiger partial charge in [0.25, 0.3) is 0 Å². The SMILES string of the molecule is CCC(CNC(=NC)NCc1nccn1C(F)F)Cc1cccc(Br)c1.I. The van der Waals surface area contributed by atoms with Crippen LogP contribution in [-0.2, 0) is 13.0 Å². The summed E-state index contributed by atoms with van der Waals surface area (Å²) >= 11 is 3.50. The minimum Gasteiger partial charge on any atom is -0.356 e. The number of halogens is 4. The standard InChI is InChI=1S/C18H24BrF2N5.HI/c1-3-13(9-14-5-4-6-15(19)10-14)11-24-18(22-2)25-12-16-23-7-8-26(16)17(20)21;/h4-8,10,13,17H,3,9,11-12H2,1-2H3,(H2,22,24,25);1H. The summed E-state index contributed by atoms with van der Waals surface area (Å²) in [5.41, 5.74) is 1.27. The monoisotopic (exact) mass is 555 g/mol. The molecule has 0 bridgehead atoms. The number of nitrogens with one attached hydrogen (secondary N) is 2. The fourth-order valence-electron chi connectivity index (χ4n) is 2.64. The Labute approximate surface area is 184 Å². The van der Waals surface area contributed by atoms with Crippen LogP contribution in [-0.4, -0.2) is 29.1 Å². The quantitative estimate of drug-likeness (QED) is 0.284. The maximum atomic E-state index is 12.8. The number of imidazole rings is 1. The topological polar surface area (TPSA) is 54.2 Å². The number of aromatic nitrogens is 2. The Balaban J connectivity index is 0.00000364. The fraction of sp³-hybridized carbons (Fsp3) is 0.444. The summed E-state index contributed by atoms with van der Waals surface area (Å²) in [6.45, 7) is 0.477. The van der Waals surface area contributed by atoms with E-state index in [1.807, 2.05) is 12.1 Å². The van der Waals surface area contributed by atoms with Crippen LogP contribution in [0.1, 0.15) is 31.3 Å². The van der Waals surface area contributed by atoms with E-state index in [9.17, 15) is 8.78 Å². The first-order chi connectivity index (χ1) is 12.5. The lowest BCUT2D eigenvalue weighted by atomic mass is 9.97. The molecule has 0 saturated carbocycles. The van der Waals surface area contributed by atoms with E-state index in [0.29, 0.717) is 11.9 Å². The zero-order valence-electron chi connectivity index (χ0n) is 15.3. The Kier molecular flexibility index (Phi) is 10.8. The largest absolute Gasteiger partial charge is 0.356 e. The molecule has 1 aromatic carbocycles. The van der Waals surface area contributed by atoms with Gasteiger partial charge in [0.05, 0.1) is 6.54 Å². The van der Waals surface area contributed by atoms with E-state index >= 15 is 0 Å². The molecule has 1 unspecified atom stereocenters. The Hall–Kier alpha value is -1.23. The van der Waals surface area contributed by atoms with Crippen molar-refractivity contribution >= 4 is 45.9 Å². The summed E-state index contributed by atoms with van der Waals surface area (Å²) in [5.74, 6) is 1.27. The maximum Gasteiger partial charge on any atom is 0.319 e. The highest BCUT2D eigenvalue weighted by molar-refractivity contribution is 14.0. The van der Waals surface area contributed by atoms with Crippen molar-refractivity contribution in [3.8, 4) is 0 Å². The van der Waals surface area contributed by atoms with Crippen molar-refractivity contribution in [1.29, 1.82) is 0 Å². The van der Waals surface area contributed by atoms with Gasteiger partial charge >= 0.3 is 6.55 Å². The smallest absolute Gasteiger partial charge is 0.319 e. The molecule has 0 spiro atoms. The number of benzene rings is 1. The predicted octanol–water partition coefficient (Wildman–Crippen LogP) is 4.59. The summed E-state index contributed by atoms with van der Waals surface area (Å²) in [5, 5.41) is 6.30. The third kappa shape index (κ3) is 7.73. The highest BCUT2D eigenvalue weighted by Gasteiger charge is 2.12. The molecule has 0 aliphatic rings. The van der Waals surface area contributed by atoms with Crippen LogP contribution in [0.2, 0.25) is 0 Å². The average Bonchev–Trinajstić information content (AvgIpc) is 3.09. The first-order valence-electron chi connectivity index (χ1n) is 8.52. The van der Waals surface area contributed by atoms with Crippen LogP contribution in [0.15, 0.2) is 46.1 Å². The molecule has 1 atom stereocenters. The van der Waals surface area contributed by atoms with Crippen molar-refractivity contribution in [3.63, 3.8) is 0 Å². The molecule has 0 radical (unpaired) electrons. The normalized spacial score (nSPS) is 12.6. The Bertz CT molecular complexity index is 723. The molecule has 0 aliphatic heterocycles. The van der Waals surface area contributed by atoms with E-state index < -0.39 is 6.55 Å². The number of alkyl halides is 2. The minimum atomic E-state index is -2.60. The van der Waals surface area contributed by atoms with E-state index in [-0.39, 0.29) is 36.3 Å². The van der Waals surface area contributed by atoms with Crippen LogP contribution < -0.4 is 10.6 Å². The molecule has 5 nitrogen and oxygen atoms in total. The summed E-state index contributed by atoms with van der Waals surface area (Å²) in [4.78, 5) is 8.10. The van der Waals surface area contributed by atoms with Crippen molar-refractivity contribution in [2.75, 3.05) is 13.6 Å². The molecule has 2 N–H and O–H groups in total. The lowest BCUT2D eigenvalue weighted by Crippen LogP contribution is -2.40. The molecule has 0 saturated heterocycles. The lowest BCUT2D eigenvalue weighted by Gasteiger charge is -2.18. The zero-order chi connectivity index (χ0) is 18.9. The second-order valence-corrected chi connectivity index (χ2v) is 6.86.